The maximum Gasteiger partial charge on any atom is 0.159 e. The molecule has 122 valence electrons. The van der Waals surface area contributed by atoms with Gasteiger partial charge in [0.25, 0.3) is 0 Å². The molecule has 0 heterocycles. The van der Waals surface area contributed by atoms with Crippen molar-refractivity contribution in [3.63, 3.8) is 0 Å². The molecule has 0 spiro atoms. The molecule has 0 aliphatic carbocycles. The highest BCUT2D eigenvalue weighted by Gasteiger charge is 2.12. The predicted molar refractivity (Wildman–Crippen MR) is 89.6 cm³/mol. The Morgan fingerprint density at radius 2 is 1.78 bits per heavy atom. The standard InChI is InChI=1S/C19H23NO3/c1-14(16-6-4-3-5-7-16)20-12-18(22)13-23-19-10-8-17(9-11-19)15(2)21/h3-11,14,18,20,22H,12-13H2,1-2H3/p+1/t14-,18-/m1/s1. The zero-order chi connectivity index (χ0) is 16.7. The largest absolute Gasteiger partial charge is 0.491 e. The number of hydrogen-bond acceptors (Lipinski definition) is 3. The van der Waals surface area contributed by atoms with Crippen molar-refractivity contribution in [2.75, 3.05) is 13.2 Å². The molecule has 4 nitrogen and oxygen atoms in total. The van der Waals surface area contributed by atoms with E-state index in [1.54, 1.807) is 24.3 Å². The second-order valence-corrected chi connectivity index (χ2v) is 5.72. The molecule has 0 saturated heterocycles. The van der Waals surface area contributed by atoms with Gasteiger partial charge >= 0.3 is 0 Å². The van der Waals surface area contributed by atoms with E-state index in [0.717, 1.165) is 0 Å². The molecule has 0 aliphatic rings. The molecule has 4 heteroatoms. The van der Waals surface area contributed by atoms with E-state index < -0.39 is 6.10 Å². The van der Waals surface area contributed by atoms with Crippen LogP contribution in [0.25, 0.3) is 0 Å². The first-order valence-corrected chi connectivity index (χ1v) is 7.86. The molecule has 23 heavy (non-hydrogen) atoms. The lowest BCUT2D eigenvalue weighted by Gasteiger charge is -2.15. The van der Waals surface area contributed by atoms with Crippen LogP contribution in [0, 0.1) is 0 Å². The molecule has 0 radical (unpaired) electrons. The van der Waals surface area contributed by atoms with Crippen molar-refractivity contribution in [3.05, 3.63) is 65.7 Å². The van der Waals surface area contributed by atoms with E-state index in [0.29, 0.717) is 23.9 Å². The number of aliphatic hydroxyl groups excluding tert-OH is 1. The number of benzene rings is 2. The first kappa shape index (κ1) is 17.2. The van der Waals surface area contributed by atoms with Gasteiger partial charge < -0.3 is 15.2 Å². The molecule has 0 amide bonds. The van der Waals surface area contributed by atoms with E-state index in [2.05, 4.69) is 24.4 Å². The van der Waals surface area contributed by atoms with Crippen LogP contribution < -0.4 is 10.1 Å². The lowest BCUT2D eigenvalue weighted by atomic mass is 10.1. The number of ketones is 1. The lowest BCUT2D eigenvalue weighted by Crippen LogP contribution is -2.87. The zero-order valence-corrected chi connectivity index (χ0v) is 13.6. The first-order chi connectivity index (χ1) is 11.1. The quantitative estimate of drug-likeness (QED) is 0.732. The number of Topliss-reactive ketones (excluding diaryl/α,β-unsaturated/α-hetero) is 1. The molecule has 0 aromatic heterocycles. The number of aliphatic hydroxyl groups is 1. The molecule has 0 bridgehead atoms. The normalized spacial score (nSPS) is 13.3. The fourth-order valence-corrected chi connectivity index (χ4v) is 2.30. The minimum atomic E-state index is -0.548. The second-order valence-electron chi connectivity index (χ2n) is 5.72. The molecule has 0 aliphatic heterocycles. The van der Waals surface area contributed by atoms with E-state index in [4.69, 9.17) is 4.74 Å². The van der Waals surface area contributed by atoms with Crippen molar-refractivity contribution in [1.82, 2.24) is 0 Å². The third kappa shape index (κ3) is 5.51. The fraction of sp³-hybridized carbons (Fsp3) is 0.316. The maximum atomic E-state index is 11.2. The van der Waals surface area contributed by atoms with Crippen LogP contribution in [0.3, 0.4) is 0 Å². The average molecular weight is 314 g/mol. The van der Waals surface area contributed by atoms with Crippen molar-refractivity contribution in [2.45, 2.75) is 26.0 Å². The molecule has 2 aromatic carbocycles. The van der Waals surface area contributed by atoms with Crippen molar-refractivity contribution in [2.24, 2.45) is 0 Å². The Bertz CT molecular complexity index is 610. The van der Waals surface area contributed by atoms with E-state index in [9.17, 15) is 9.90 Å². The number of quaternary nitrogens is 1. The van der Waals surface area contributed by atoms with Gasteiger partial charge in [0.05, 0.1) is 0 Å². The second kappa shape index (κ2) is 8.46. The van der Waals surface area contributed by atoms with Gasteiger partial charge in [-0.25, -0.2) is 0 Å². The summed E-state index contributed by atoms with van der Waals surface area (Å²) in [6.45, 7) is 4.45. The van der Waals surface area contributed by atoms with Crippen LogP contribution in [-0.2, 0) is 0 Å². The molecular weight excluding hydrogens is 290 g/mol. The summed E-state index contributed by atoms with van der Waals surface area (Å²) < 4.78 is 5.56. The third-order valence-electron chi connectivity index (χ3n) is 3.79. The molecule has 0 saturated carbocycles. The molecule has 0 fully saturated rings. The van der Waals surface area contributed by atoms with Crippen molar-refractivity contribution >= 4 is 5.78 Å². The van der Waals surface area contributed by atoms with Crippen LogP contribution in [0.1, 0.15) is 35.8 Å². The van der Waals surface area contributed by atoms with Crippen LogP contribution in [-0.4, -0.2) is 30.1 Å². The Hall–Kier alpha value is -2.17. The highest BCUT2D eigenvalue weighted by molar-refractivity contribution is 5.94. The summed E-state index contributed by atoms with van der Waals surface area (Å²) in [5, 5.41) is 12.1. The minimum Gasteiger partial charge on any atom is -0.491 e. The minimum absolute atomic E-state index is 0.0288. The number of nitrogens with two attached hydrogens (primary N) is 1. The summed E-state index contributed by atoms with van der Waals surface area (Å²) >= 11 is 0. The molecule has 0 unspecified atom stereocenters. The van der Waals surface area contributed by atoms with Crippen molar-refractivity contribution in [3.8, 4) is 5.75 Å². The molecular formula is C19H24NO3+. The topological polar surface area (TPSA) is 63.1 Å². The average Bonchev–Trinajstić information content (AvgIpc) is 2.59. The van der Waals surface area contributed by atoms with Gasteiger partial charge in [-0.15, -0.1) is 0 Å². The van der Waals surface area contributed by atoms with Gasteiger partial charge in [0.1, 0.15) is 31.0 Å². The van der Waals surface area contributed by atoms with Crippen LogP contribution in [0.2, 0.25) is 0 Å². The summed E-state index contributed by atoms with van der Waals surface area (Å²) in [6.07, 6.45) is -0.548. The van der Waals surface area contributed by atoms with Crippen LogP contribution in [0.4, 0.5) is 0 Å². The van der Waals surface area contributed by atoms with Gasteiger partial charge in [-0.1, -0.05) is 30.3 Å². The van der Waals surface area contributed by atoms with E-state index in [1.807, 2.05) is 18.2 Å². The Balaban J connectivity index is 1.74. The number of ether oxygens (including phenoxy) is 1. The van der Waals surface area contributed by atoms with Gasteiger partial charge in [-0.05, 0) is 38.1 Å². The summed E-state index contributed by atoms with van der Waals surface area (Å²) in [6, 6.07) is 17.5. The highest BCUT2D eigenvalue weighted by atomic mass is 16.5. The molecule has 2 aromatic rings. The zero-order valence-electron chi connectivity index (χ0n) is 13.6. The van der Waals surface area contributed by atoms with Crippen molar-refractivity contribution in [1.29, 1.82) is 0 Å². The van der Waals surface area contributed by atoms with Gasteiger partial charge in [-0.3, -0.25) is 4.79 Å². The van der Waals surface area contributed by atoms with Gasteiger partial charge in [0, 0.05) is 11.1 Å². The van der Waals surface area contributed by atoms with E-state index >= 15 is 0 Å². The first-order valence-electron chi connectivity index (χ1n) is 7.86. The van der Waals surface area contributed by atoms with Gasteiger partial charge in [0.15, 0.2) is 5.78 Å². The third-order valence-corrected chi connectivity index (χ3v) is 3.79. The van der Waals surface area contributed by atoms with Gasteiger partial charge in [0.2, 0.25) is 0 Å². The van der Waals surface area contributed by atoms with Gasteiger partial charge in [-0.2, -0.15) is 0 Å². The smallest absolute Gasteiger partial charge is 0.159 e. The molecule has 2 atom stereocenters. The van der Waals surface area contributed by atoms with Crippen molar-refractivity contribution < 1.29 is 20.0 Å². The fourth-order valence-electron chi connectivity index (χ4n) is 2.30. The van der Waals surface area contributed by atoms with Crippen LogP contribution in [0.15, 0.2) is 54.6 Å². The number of hydrogen-bond donors (Lipinski definition) is 2. The van der Waals surface area contributed by atoms with E-state index in [-0.39, 0.29) is 12.4 Å². The number of carbonyl (C=O) groups excluding carboxylic acids is 1. The summed E-state index contributed by atoms with van der Waals surface area (Å²) in [5.74, 6) is 0.686. The molecule has 2 rings (SSSR count). The SMILES string of the molecule is CC(=O)c1ccc(OC[C@H](O)C[NH2+][C@H](C)c2ccccc2)cc1. The number of rotatable bonds is 8. The summed E-state index contributed by atoms with van der Waals surface area (Å²) in [5.41, 5.74) is 1.89. The van der Waals surface area contributed by atoms with E-state index in [1.165, 1.54) is 12.5 Å². The Morgan fingerprint density at radius 3 is 2.39 bits per heavy atom. The Morgan fingerprint density at radius 1 is 1.13 bits per heavy atom. The van der Waals surface area contributed by atoms with Crippen LogP contribution in [0.5, 0.6) is 5.75 Å². The summed E-state index contributed by atoms with van der Waals surface area (Å²) in [7, 11) is 0. The highest BCUT2D eigenvalue weighted by Crippen LogP contribution is 2.12. The molecule has 3 N–H and O–H groups in total. The Kier molecular flexibility index (Phi) is 6.32. The lowest BCUT2D eigenvalue weighted by molar-refractivity contribution is -0.698. The predicted octanol–water partition coefficient (Wildman–Crippen LogP) is 1.95. The maximum absolute atomic E-state index is 11.2. The van der Waals surface area contributed by atoms with Crippen LogP contribution >= 0.6 is 0 Å². The monoisotopic (exact) mass is 314 g/mol. The summed E-state index contributed by atoms with van der Waals surface area (Å²) in [4.78, 5) is 11.2. The Labute approximate surface area is 137 Å². The number of carbonyl (C=O) groups is 1.